The summed E-state index contributed by atoms with van der Waals surface area (Å²) in [6.45, 7) is 4.48. The molecule has 0 spiro atoms. The summed E-state index contributed by atoms with van der Waals surface area (Å²) in [7, 11) is 0. The molecule has 0 bridgehead atoms. The average molecular weight is 239 g/mol. The number of hydrogen-bond acceptors (Lipinski definition) is 4. The predicted octanol–water partition coefficient (Wildman–Crippen LogP) is 1.91. The molecule has 0 heterocycles. The minimum Gasteiger partial charge on any atom is -0.383 e. The maximum atomic E-state index is 13.0. The number of hydrogen-bond donors (Lipinski definition) is 1. The first-order valence-corrected chi connectivity index (χ1v) is 4.66. The smallest absolute Gasteiger partial charge is 0.275 e. The van der Waals surface area contributed by atoms with Crippen LogP contribution in [0.3, 0.4) is 0 Å². The van der Waals surface area contributed by atoms with Crippen LogP contribution in [0.25, 0.3) is 0 Å². The summed E-state index contributed by atoms with van der Waals surface area (Å²) in [6, 6.07) is 2.66. The molecule has 0 aliphatic heterocycles. The molecule has 1 N–H and O–H groups in total. The molecule has 0 saturated carbocycles. The molecule has 90 valence electrons. The number of carbonyl (C=O) groups excluding carboxylic acids is 1. The summed E-state index contributed by atoms with van der Waals surface area (Å²) >= 11 is 0. The zero-order valence-electron chi connectivity index (χ0n) is 9.01. The van der Waals surface area contributed by atoms with Crippen molar-refractivity contribution in [2.75, 3.05) is 0 Å². The molecule has 0 aromatic heterocycles. The second-order valence-electron chi connectivity index (χ2n) is 3.44. The number of nitro benzene ring substituents is 1. The number of nitro groups is 1. The normalized spacial score (nSPS) is 11.9. The van der Waals surface area contributed by atoms with Gasteiger partial charge in [0.05, 0.1) is 10.5 Å². The van der Waals surface area contributed by atoms with Crippen LogP contribution in [0.2, 0.25) is 0 Å². The van der Waals surface area contributed by atoms with E-state index in [-0.39, 0.29) is 11.1 Å². The molecule has 6 heteroatoms. The van der Waals surface area contributed by atoms with Gasteiger partial charge in [-0.3, -0.25) is 14.9 Å². The quantitative estimate of drug-likeness (QED) is 0.494. The lowest BCUT2D eigenvalue weighted by atomic mass is 9.99. The lowest BCUT2D eigenvalue weighted by molar-refractivity contribution is -0.386. The van der Waals surface area contributed by atoms with Crippen molar-refractivity contribution >= 4 is 11.5 Å². The van der Waals surface area contributed by atoms with Gasteiger partial charge in [-0.05, 0) is 19.1 Å². The third-order valence-electron chi connectivity index (χ3n) is 2.26. The first-order valence-electron chi connectivity index (χ1n) is 4.66. The van der Waals surface area contributed by atoms with Gasteiger partial charge in [-0.1, -0.05) is 6.58 Å². The fraction of sp³-hybridized carbons (Fsp3) is 0.182. The highest BCUT2D eigenvalue weighted by Crippen LogP contribution is 2.30. The topological polar surface area (TPSA) is 80.4 Å². The summed E-state index contributed by atoms with van der Waals surface area (Å²) in [5.41, 5.74) is -0.963. The van der Waals surface area contributed by atoms with E-state index in [1.54, 1.807) is 0 Å². The number of aliphatic hydroxyl groups excluding tert-OH is 1. The average Bonchev–Trinajstić information content (AvgIpc) is 2.26. The Hall–Kier alpha value is -2.08. The van der Waals surface area contributed by atoms with E-state index < -0.39 is 28.3 Å². The van der Waals surface area contributed by atoms with Crippen molar-refractivity contribution in [3.8, 4) is 0 Å². The Bertz CT molecular complexity index is 498. The minimum atomic E-state index is -1.58. The predicted molar refractivity (Wildman–Crippen MR) is 57.8 cm³/mol. The molecule has 5 nitrogen and oxygen atoms in total. The van der Waals surface area contributed by atoms with E-state index in [0.717, 1.165) is 25.1 Å². The van der Waals surface area contributed by atoms with Gasteiger partial charge < -0.3 is 5.11 Å². The van der Waals surface area contributed by atoms with E-state index in [1.165, 1.54) is 0 Å². The Kier molecular flexibility index (Phi) is 3.69. The zero-order valence-corrected chi connectivity index (χ0v) is 9.01. The maximum absolute atomic E-state index is 13.0. The van der Waals surface area contributed by atoms with Gasteiger partial charge in [-0.2, -0.15) is 0 Å². The first-order chi connectivity index (χ1) is 7.84. The van der Waals surface area contributed by atoms with Gasteiger partial charge in [0.25, 0.3) is 5.69 Å². The molecule has 0 aliphatic carbocycles. The minimum absolute atomic E-state index is 0.223. The summed E-state index contributed by atoms with van der Waals surface area (Å²) in [5, 5.41) is 20.4. The second kappa shape index (κ2) is 4.84. The Labute approximate surface area is 96.3 Å². The second-order valence-corrected chi connectivity index (χ2v) is 3.44. The van der Waals surface area contributed by atoms with E-state index in [1.807, 2.05) is 0 Å². The van der Waals surface area contributed by atoms with Crippen LogP contribution in [0.1, 0.15) is 18.6 Å². The van der Waals surface area contributed by atoms with Crippen LogP contribution in [0, 0.1) is 15.9 Å². The SMILES string of the molecule is C=C(C(C)=O)C(O)c1cc(F)ccc1[N+](=O)[O-]. The number of ketones is 1. The van der Waals surface area contributed by atoms with Crippen molar-refractivity contribution in [1.82, 2.24) is 0 Å². The van der Waals surface area contributed by atoms with Crippen molar-refractivity contribution in [2.24, 2.45) is 0 Å². The summed E-state index contributed by atoms with van der Waals surface area (Å²) in [6.07, 6.45) is -1.58. The molecule has 0 radical (unpaired) electrons. The molecule has 0 aliphatic rings. The van der Waals surface area contributed by atoms with Gasteiger partial charge >= 0.3 is 0 Å². The highest BCUT2D eigenvalue weighted by Gasteiger charge is 2.24. The number of carbonyl (C=O) groups is 1. The van der Waals surface area contributed by atoms with Crippen molar-refractivity contribution < 1.29 is 19.2 Å². The molecular formula is C11H10FNO4. The van der Waals surface area contributed by atoms with E-state index in [9.17, 15) is 24.4 Å². The van der Waals surface area contributed by atoms with Crippen molar-refractivity contribution in [3.05, 3.63) is 51.8 Å². The molecule has 17 heavy (non-hydrogen) atoms. The van der Waals surface area contributed by atoms with E-state index >= 15 is 0 Å². The van der Waals surface area contributed by atoms with Crippen LogP contribution < -0.4 is 0 Å². The van der Waals surface area contributed by atoms with Crippen LogP contribution in [0.15, 0.2) is 30.4 Å². The van der Waals surface area contributed by atoms with Gasteiger partial charge in [-0.25, -0.2) is 4.39 Å². The van der Waals surface area contributed by atoms with E-state index in [4.69, 9.17) is 0 Å². The fourth-order valence-electron chi connectivity index (χ4n) is 1.29. The van der Waals surface area contributed by atoms with Crippen LogP contribution in [-0.2, 0) is 4.79 Å². The first kappa shape index (κ1) is 13.0. The fourth-order valence-corrected chi connectivity index (χ4v) is 1.29. The number of benzene rings is 1. The summed E-state index contributed by atoms with van der Waals surface area (Å²) in [5.74, 6) is -1.25. The molecule has 1 aromatic rings. The zero-order chi connectivity index (χ0) is 13.2. The largest absolute Gasteiger partial charge is 0.383 e. The van der Waals surface area contributed by atoms with Gasteiger partial charge in [0.15, 0.2) is 5.78 Å². The number of rotatable bonds is 4. The molecule has 1 aromatic carbocycles. The molecule has 0 fully saturated rings. The van der Waals surface area contributed by atoms with Crippen LogP contribution in [-0.4, -0.2) is 15.8 Å². The number of halogens is 1. The van der Waals surface area contributed by atoms with Gasteiger partial charge in [0.1, 0.15) is 11.9 Å². The Morgan fingerprint density at radius 1 is 1.59 bits per heavy atom. The third-order valence-corrected chi connectivity index (χ3v) is 2.26. The lowest BCUT2D eigenvalue weighted by Gasteiger charge is -2.11. The molecular weight excluding hydrogens is 229 g/mol. The van der Waals surface area contributed by atoms with Gasteiger partial charge in [-0.15, -0.1) is 0 Å². The molecule has 0 amide bonds. The summed E-state index contributed by atoms with van der Waals surface area (Å²) < 4.78 is 13.0. The Balaban J connectivity index is 3.28. The number of Topliss-reactive ketones (excluding diaryl/α,β-unsaturated/α-hetero) is 1. The van der Waals surface area contributed by atoms with Crippen molar-refractivity contribution in [3.63, 3.8) is 0 Å². The Morgan fingerprint density at radius 3 is 2.65 bits per heavy atom. The van der Waals surface area contributed by atoms with E-state index in [0.29, 0.717) is 0 Å². The van der Waals surface area contributed by atoms with E-state index in [2.05, 4.69) is 6.58 Å². The van der Waals surface area contributed by atoms with Crippen LogP contribution in [0.4, 0.5) is 10.1 Å². The molecule has 1 atom stereocenters. The number of aliphatic hydroxyl groups is 1. The van der Waals surface area contributed by atoms with Crippen molar-refractivity contribution in [2.45, 2.75) is 13.0 Å². The highest BCUT2D eigenvalue weighted by atomic mass is 19.1. The van der Waals surface area contributed by atoms with Crippen molar-refractivity contribution in [1.29, 1.82) is 0 Å². The Morgan fingerprint density at radius 2 is 2.18 bits per heavy atom. The standard InChI is InChI=1S/C11H10FNO4/c1-6(7(2)14)11(15)9-5-8(12)3-4-10(9)13(16)17/h3-5,11,15H,1H2,2H3. The third kappa shape index (κ3) is 2.73. The lowest BCUT2D eigenvalue weighted by Crippen LogP contribution is -2.10. The maximum Gasteiger partial charge on any atom is 0.275 e. The molecule has 1 rings (SSSR count). The molecule has 0 saturated heterocycles. The monoisotopic (exact) mass is 239 g/mol. The van der Waals surface area contributed by atoms with Crippen LogP contribution >= 0.6 is 0 Å². The highest BCUT2D eigenvalue weighted by molar-refractivity contribution is 5.93. The molecule has 1 unspecified atom stereocenters. The summed E-state index contributed by atoms with van der Waals surface area (Å²) in [4.78, 5) is 20.9. The van der Waals surface area contributed by atoms with Gasteiger partial charge in [0.2, 0.25) is 0 Å². The van der Waals surface area contributed by atoms with Gasteiger partial charge in [0, 0.05) is 11.6 Å². The van der Waals surface area contributed by atoms with Crippen LogP contribution in [0.5, 0.6) is 0 Å². The number of nitrogens with zero attached hydrogens (tertiary/aromatic N) is 1.